The van der Waals surface area contributed by atoms with Crippen molar-refractivity contribution in [2.75, 3.05) is 20.8 Å². The number of rotatable bonds is 7. The van der Waals surface area contributed by atoms with E-state index < -0.39 is 0 Å². The first kappa shape index (κ1) is 14.0. The van der Waals surface area contributed by atoms with Crippen molar-refractivity contribution in [3.05, 3.63) is 29.8 Å². The molecule has 1 aromatic rings. The number of nitrogens with one attached hydrogen (secondary N) is 1. The molecule has 0 fully saturated rings. The van der Waals surface area contributed by atoms with Gasteiger partial charge >= 0.3 is 0 Å². The molecular formula is C14H23NO2. The number of hydrogen-bond donors (Lipinski definition) is 1. The molecule has 0 bridgehead atoms. The number of ether oxygens (including phenoxy) is 2. The fourth-order valence-electron chi connectivity index (χ4n) is 1.81. The first-order chi connectivity index (χ1) is 8.17. The van der Waals surface area contributed by atoms with Gasteiger partial charge in [-0.25, -0.2) is 0 Å². The lowest BCUT2D eigenvalue weighted by atomic mass is 10.1. The highest BCUT2D eigenvalue weighted by molar-refractivity contribution is 5.30. The third-order valence-electron chi connectivity index (χ3n) is 2.88. The molecule has 0 aliphatic rings. The van der Waals surface area contributed by atoms with E-state index in [9.17, 15) is 0 Å². The van der Waals surface area contributed by atoms with Crippen molar-refractivity contribution >= 4 is 0 Å². The van der Waals surface area contributed by atoms with E-state index in [0.717, 1.165) is 18.8 Å². The minimum Gasteiger partial charge on any atom is -0.497 e. The van der Waals surface area contributed by atoms with Crippen LogP contribution in [0.15, 0.2) is 24.3 Å². The van der Waals surface area contributed by atoms with Gasteiger partial charge < -0.3 is 14.8 Å². The summed E-state index contributed by atoms with van der Waals surface area (Å²) in [5.74, 6) is 0.903. The first-order valence-electron chi connectivity index (χ1n) is 6.06. The van der Waals surface area contributed by atoms with Crippen LogP contribution in [-0.2, 0) is 4.74 Å². The maximum absolute atomic E-state index is 5.23. The molecule has 3 nitrogen and oxygen atoms in total. The molecule has 0 aromatic heterocycles. The average molecular weight is 237 g/mol. The summed E-state index contributed by atoms with van der Waals surface area (Å²) in [5.41, 5.74) is 1.24. The van der Waals surface area contributed by atoms with Crippen LogP contribution in [0.2, 0.25) is 0 Å². The quantitative estimate of drug-likeness (QED) is 0.791. The molecule has 1 N–H and O–H groups in total. The van der Waals surface area contributed by atoms with Gasteiger partial charge in [0.25, 0.3) is 0 Å². The summed E-state index contributed by atoms with van der Waals surface area (Å²) in [6.45, 7) is 5.13. The van der Waals surface area contributed by atoms with Gasteiger partial charge in [0.2, 0.25) is 0 Å². The SMILES string of the molecule is COCCC(C)N[C@H](C)c1cccc(OC)c1. The topological polar surface area (TPSA) is 30.5 Å². The van der Waals surface area contributed by atoms with Gasteiger partial charge in [0.15, 0.2) is 0 Å². The van der Waals surface area contributed by atoms with Crippen LogP contribution in [0.1, 0.15) is 31.9 Å². The highest BCUT2D eigenvalue weighted by atomic mass is 16.5. The zero-order valence-electron chi connectivity index (χ0n) is 11.2. The Bertz CT molecular complexity index is 328. The Hall–Kier alpha value is -1.06. The molecule has 0 spiro atoms. The normalized spacial score (nSPS) is 14.4. The van der Waals surface area contributed by atoms with Crippen molar-refractivity contribution in [2.45, 2.75) is 32.4 Å². The van der Waals surface area contributed by atoms with E-state index in [0.29, 0.717) is 12.1 Å². The average Bonchev–Trinajstić information content (AvgIpc) is 2.36. The molecule has 0 radical (unpaired) electrons. The standard InChI is InChI=1S/C14H23NO2/c1-11(8-9-16-3)15-12(2)13-6-5-7-14(10-13)17-4/h5-7,10-12,15H,8-9H2,1-4H3/t11?,12-/m1/s1. The molecule has 0 amide bonds. The molecule has 0 saturated carbocycles. The lowest BCUT2D eigenvalue weighted by molar-refractivity contribution is 0.183. The molecule has 1 rings (SSSR count). The third kappa shape index (κ3) is 4.75. The van der Waals surface area contributed by atoms with Crippen LogP contribution < -0.4 is 10.1 Å². The van der Waals surface area contributed by atoms with Crippen LogP contribution in [0, 0.1) is 0 Å². The van der Waals surface area contributed by atoms with Crippen molar-refractivity contribution in [3.63, 3.8) is 0 Å². The maximum Gasteiger partial charge on any atom is 0.119 e. The van der Waals surface area contributed by atoms with Gasteiger partial charge in [0, 0.05) is 25.8 Å². The third-order valence-corrected chi connectivity index (χ3v) is 2.88. The Morgan fingerprint density at radius 2 is 2.00 bits per heavy atom. The summed E-state index contributed by atoms with van der Waals surface area (Å²) in [5, 5.41) is 3.55. The second kappa shape index (κ2) is 7.30. The molecule has 1 unspecified atom stereocenters. The van der Waals surface area contributed by atoms with Gasteiger partial charge in [-0.05, 0) is 38.0 Å². The fourth-order valence-corrected chi connectivity index (χ4v) is 1.81. The van der Waals surface area contributed by atoms with Gasteiger partial charge in [0.05, 0.1) is 7.11 Å². The minimum atomic E-state index is 0.317. The van der Waals surface area contributed by atoms with E-state index in [1.807, 2.05) is 12.1 Å². The summed E-state index contributed by atoms with van der Waals surface area (Å²) >= 11 is 0. The summed E-state index contributed by atoms with van der Waals surface area (Å²) in [6.07, 6.45) is 1.02. The van der Waals surface area contributed by atoms with Crippen LogP contribution in [0.3, 0.4) is 0 Å². The first-order valence-corrected chi connectivity index (χ1v) is 6.06. The summed E-state index contributed by atoms with van der Waals surface area (Å²) < 4.78 is 10.3. The van der Waals surface area contributed by atoms with Gasteiger partial charge in [-0.3, -0.25) is 0 Å². The molecule has 2 atom stereocenters. The van der Waals surface area contributed by atoms with Crippen LogP contribution >= 0.6 is 0 Å². The van der Waals surface area contributed by atoms with Crippen molar-refractivity contribution in [1.29, 1.82) is 0 Å². The molecular weight excluding hydrogens is 214 g/mol. The van der Waals surface area contributed by atoms with Crippen LogP contribution in [0.5, 0.6) is 5.75 Å². The van der Waals surface area contributed by atoms with Gasteiger partial charge in [-0.15, -0.1) is 0 Å². The Balaban J connectivity index is 2.53. The lowest BCUT2D eigenvalue weighted by Gasteiger charge is -2.20. The van der Waals surface area contributed by atoms with Gasteiger partial charge in [0.1, 0.15) is 5.75 Å². The second-order valence-corrected chi connectivity index (χ2v) is 4.35. The Kier molecular flexibility index (Phi) is 6.01. The van der Waals surface area contributed by atoms with Crippen LogP contribution in [-0.4, -0.2) is 26.9 Å². The Morgan fingerprint density at radius 1 is 1.24 bits per heavy atom. The van der Waals surface area contributed by atoms with Crippen molar-refractivity contribution < 1.29 is 9.47 Å². The summed E-state index contributed by atoms with van der Waals surface area (Å²) in [7, 11) is 3.43. The largest absolute Gasteiger partial charge is 0.497 e. The molecule has 17 heavy (non-hydrogen) atoms. The Morgan fingerprint density at radius 3 is 2.65 bits per heavy atom. The fraction of sp³-hybridized carbons (Fsp3) is 0.571. The van der Waals surface area contributed by atoms with E-state index in [1.165, 1.54) is 5.56 Å². The van der Waals surface area contributed by atoms with E-state index in [1.54, 1.807) is 14.2 Å². The lowest BCUT2D eigenvalue weighted by Crippen LogP contribution is -2.29. The molecule has 3 heteroatoms. The van der Waals surface area contributed by atoms with E-state index in [4.69, 9.17) is 9.47 Å². The molecule has 1 aromatic carbocycles. The highest BCUT2D eigenvalue weighted by Crippen LogP contribution is 2.19. The van der Waals surface area contributed by atoms with Gasteiger partial charge in [-0.2, -0.15) is 0 Å². The predicted octanol–water partition coefficient (Wildman–Crippen LogP) is 2.77. The van der Waals surface area contributed by atoms with E-state index in [-0.39, 0.29) is 0 Å². The van der Waals surface area contributed by atoms with E-state index in [2.05, 4.69) is 31.3 Å². The smallest absolute Gasteiger partial charge is 0.119 e. The zero-order valence-corrected chi connectivity index (χ0v) is 11.2. The number of benzene rings is 1. The van der Waals surface area contributed by atoms with Crippen molar-refractivity contribution in [2.24, 2.45) is 0 Å². The van der Waals surface area contributed by atoms with Crippen molar-refractivity contribution in [3.8, 4) is 5.75 Å². The summed E-state index contributed by atoms with van der Waals surface area (Å²) in [6, 6.07) is 8.92. The number of methoxy groups -OCH3 is 2. The monoisotopic (exact) mass is 237 g/mol. The molecule has 0 aliphatic heterocycles. The molecule has 0 aliphatic carbocycles. The zero-order chi connectivity index (χ0) is 12.7. The van der Waals surface area contributed by atoms with Gasteiger partial charge in [-0.1, -0.05) is 12.1 Å². The molecule has 0 heterocycles. The highest BCUT2D eigenvalue weighted by Gasteiger charge is 2.09. The van der Waals surface area contributed by atoms with E-state index >= 15 is 0 Å². The maximum atomic E-state index is 5.23. The minimum absolute atomic E-state index is 0.317. The predicted molar refractivity (Wildman–Crippen MR) is 70.5 cm³/mol. The van der Waals surface area contributed by atoms with Crippen LogP contribution in [0.4, 0.5) is 0 Å². The summed E-state index contributed by atoms with van der Waals surface area (Å²) in [4.78, 5) is 0. The molecule has 0 saturated heterocycles. The Labute approximate surface area is 104 Å². The second-order valence-electron chi connectivity index (χ2n) is 4.35. The molecule has 96 valence electrons. The van der Waals surface area contributed by atoms with Crippen LogP contribution in [0.25, 0.3) is 0 Å². The van der Waals surface area contributed by atoms with Crippen molar-refractivity contribution in [1.82, 2.24) is 5.32 Å². The number of hydrogen-bond acceptors (Lipinski definition) is 3.